The highest BCUT2D eigenvalue weighted by Gasteiger charge is 2.17. The average Bonchev–Trinajstić information content (AvgIpc) is 3.61. The van der Waals surface area contributed by atoms with Crippen molar-refractivity contribution in [1.82, 2.24) is 19.1 Å². The highest BCUT2D eigenvalue weighted by Crippen LogP contribution is 2.28. The van der Waals surface area contributed by atoms with Gasteiger partial charge in [0.25, 0.3) is 0 Å². The van der Waals surface area contributed by atoms with E-state index in [9.17, 15) is 8.78 Å². The molecular weight excluding hydrogens is 482 g/mol. The Kier molecular flexibility index (Phi) is 6.40. The van der Waals surface area contributed by atoms with Gasteiger partial charge in [-0.2, -0.15) is 0 Å². The first-order valence-electron chi connectivity index (χ1n) is 12.3. The van der Waals surface area contributed by atoms with Crippen molar-refractivity contribution in [2.75, 3.05) is 6.61 Å². The van der Waals surface area contributed by atoms with Crippen molar-refractivity contribution >= 4 is 0 Å². The molecule has 7 heteroatoms. The lowest BCUT2D eigenvalue weighted by atomic mass is 10.0. The molecule has 2 aliphatic heterocycles. The molecule has 0 spiro atoms. The van der Waals surface area contributed by atoms with Crippen molar-refractivity contribution in [2.45, 2.75) is 13.1 Å². The summed E-state index contributed by atoms with van der Waals surface area (Å²) in [6, 6.07) is 26.4. The maximum atomic E-state index is 14.2. The Balaban J connectivity index is 1.11. The van der Waals surface area contributed by atoms with Crippen LogP contribution in [-0.4, -0.2) is 25.7 Å². The number of hydrogen-bond donors (Lipinski definition) is 0. The molecule has 38 heavy (non-hydrogen) atoms. The number of fused-ring (bicyclic) bond motifs is 1. The first kappa shape index (κ1) is 23.6. The second-order valence-electron chi connectivity index (χ2n) is 9.03. The molecule has 1 aromatic heterocycles. The summed E-state index contributed by atoms with van der Waals surface area (Å²) in [6.45, 7) is 2.07. The molecule has 0 bridgehead atoms. The van der Waals surface area contributed by atoms with Crippen LogP contribution in [0.1, 0.15) is 5.56 Å². The number of pyridine rings is 1. The lowest BCUT2D eigenvalue weighted by Crippen LogP contribution is -2.06. The Labute approximate surface area is 219 Å². The molecule has 4 aromatic rings. The van der Waals surface area contributed by atoms with E-state index >= 15 is 0 Å². The molecule has 0 radical (unpaired) electrons. The van der Waals surface area contributed by atoms with E-state index in [1.165, 1.54) is 12.1 Å². The van der Waals surface area contributed by atoms with Gasteiger partial charge in [-0.25, -0.2) is 18.7 Å². The number of rotatable bonds is 8. The fourth-order valence-electron chi connectivity index (χ4n) is 4.39. The van der Waals surface area contributed by atoms with Crippen LogP contribution >= 0.6 is 0 Å². The van der Waals surface area contributed by atoms with E-state index < -0.39 is 11.6 Å². The largest absolute Gasteiger partial charge is 0.492 e. The first-order valence-corrected chi connectivity index (χ1v) is 12.3. The highest BCUT2D eigenvalue weighted by molar-refractivity contribution is 5.66. The van der Waals surface area contributed by atoms with Gasteiger partial charge in [0.2, 0.25) is 0 Å². The Morgan fingerprint density at radius 2 is 1.39 bits per heavy atom. The summed E-state index contributed by atoms with van der Waals surface area (Å²) in [5.74, 6) is -0.826. The fourth-order valence-corrected chi connectivity index (χ4v) is 4.39. The Bertz CT molecular complexity index is 1620. The average molecular weight is 507 g/mol. The Morgan fingerprint density at radius 3 is 2.16 bits per heavy atom. The number of halogens is 2. The van der Waals surface area contributed by atoms with Gasteiger partial charge >= 0.3 is 0 Å². The zero-order chi connectivity index (χ0) is 25.9. The lowest BCUT2D eigenvalue weighted by molar-refractivity contribution is 0.298. The van der Waals surface area contributed by atoms with Crippen LogP contribution in [0.25, 0.3) is 33.9 Å². The van der Waals surface area contributed by atoms with Crippen LogP contribution in [0, 0.1) is 11.6 Å². The highest BCUT2D eigenvalue weighted by atomic mass is 19.2. The third-order valence-corrected chi connectivity index (χ3v) is 6.41. The minimum Gasteiger partial charge on any atom is -0.492 e. The van der Waals surface area contributed by atoms with Gasteiger partial charge in [0.1, 0.15) is 18.1 Å². The molecule has 0 saturated carbocycles. The third-order valence-electron chi connectivity index (χ3n) is 6.41. The summed E-state index contributed by atoms with van der Waals surface area (Å²) < 4.78 is 37.8. The number of benzene rings is 3. The molecule has 5 nitrogen and oxygen atoms in total. The van der Waals surface area contributed by atoms with E-state index in [1.807, 2.05) is 59.7 Å². The fraction of sp³-hybridized carbons (Fsp3) is 0.0968. The predicted molar refractivity (Wildman–Crippen MR) is 143 cm³/mol. The summed E-state index contributed by atoms with van der Waals surface area (Å²) in [7, 11) is 0. The summed E-state index contributed by atoms with van der Waals surface area (Å²) in [5, 5.41) is 0. The second kappa shape index (κ2) is 10.3. The molecule has 2 aliphatic rings. The molecule has 0 N–H and O–H groups in total. The van der Waals surface area contributed by atoms with Gasteiger partial charge in [-0.15, -0.1) is 0 Å². The monoisotopic (exact) mass is 506 g/mol. The molecule has 3 heterocycles. The molecule has 0 fully saturated rings. The van der Waals surface area contributed by atoms with Gasteiger partial charge in [-0.1, -0.05) is 42.5 Å². The Morgan fingerprint density at radius 1 is 0.684 bits per heavy atom. The molecule has 188 valence electrons. The number of nitrogens with zero attached hydrogens (tertiary/aromatic N) is 4. The molecular formula is C31H24F2N4O. The summed E-state index contributed by atoms with van der Waals surface area (Å²) in [6.07, 6.45) is 7.82. The molecule has 0 amide bonds. The van der Waals surface area contributed by atoms with E-state index in [0.717, 1.165) is 35.1 Å². The zero-order valence-corrected chi connectivity index (χ0v) is 20.5. The Hall–Kier alpha value is -4.78. The van der Waals surface area contributed by atoms with E-state index in [4.69, 9.17) is 4.74 Å². The van der Waals surface area contributed by atoms with Crippen molar-refractivity contribution in [2.24, 2.45) is 0 Å². The summed E-state index contributed by atoms with van der Waals surface area (Å²) in [5.41, 5.74) is 4.68. The van der Waals surface area contributed by atoms with Gasteiger partial charge < -0.3 is 13.9 Å². The van der Waals surface area contributed by atoms with Crippen LogP contribution in [0.5, 0.6) is 5.75 Å². The smallest absolute Gasteiger partial charge is 0.169 e. The zero-order valence-electron chi connectivity index (χ0n) is 20.5. The van der Waals surface area contributed by atoms with Crippen LogP contribution in [-0.2, 0) is 13.1 Å². The van der Waals surface area contributed by atoms with Crippen molar-refractivity contribution in [1.29, 1.82) is 0 Å². The van der Waals surface area contributed by atoms with Crippen LogP contribution in [0.4, 0.5) is 8.78 Å². The maximum absolute atomic E-state index is 14.2. The molecule has 0 saturated heterocycles. The molecule has 3 aromatic carbocycles. The number of imidazole rings is 1. The standard InChI is InChI=1S/C31H24F2N4O/c32-27-5-3-4-26(30(27)33)31-34-28-14-17-37(21-29(28)35-31)20-22-6-8-23(9-7-22)24-10-12-25(13-11-24)38-19-18-36-15-1-2-16-36/h1-17,21H,18-20H2. The molecule has 0 atom stereocenters. The van der Waals surface area contributed by atoms with E-state index in [2.05, 4.69) is 50.9 Å². The van der Waals surface area contributed by atoms with Crippen molar-refractivity contribution < 1.29 is 13.5 Å². The molecule has 0 unspecified atom stereocenters. The maximum Gasteiger partial charge on any atom is 0.169 e. The second-order valence-corrected chi connectivity index (χ2v) is 9.03. The summed E-state index contributed by atoms with van der Waals surface area (Å²) in [4.78, 5) is 8.80. The van der Waals surface area contributed by atoms with Gasteiger partial charge in [-0.05, 0) is 59.2 Å². The van der Waals surface area contributed by atoms with Crippen LogP contribution < -0.4 is 4.74 Å². The minimum atomic E-state index is -0.939. The predicted octanol–water partition coefficient (Wildman–Crippen LogP) is 6.92. The van der Waals surface area contributed by atoms with Crippen LogP contribution in [0.15, 0.2) is 110 Å². The van der Waals surface area contributed by atoms with Gasteiger partial charge in [-0.3, -0.25) is 0 Å². The van der Waals surface area contributed by atoms with E-state index in [1.54, 1.807) is 0 Å². The topological polar surface area (TPSA) is 44.9 Å². The number of ether oxygens (including phenoxy) is 1. The normalized spacial score (nSPS) is 11.2. The van der Waals surface area contributed by atoms with Gasteiger partial charge in [0, 0.05) is 31.3 Å². The quantitative estimate of drug-likeness (QED) is 0.225. The SMILES string of the molecule is Fc1cccc(-c2nc3ccn(Cc4ccc(-c5ccc(OCCn6cccc6)cc5)cc4)cc-3n2)c1F. The van der Waals surface area contributed by atoms with E-state index in [0.29, 0.717) is 24.5 Å². The third kappa shape index (κ3) is 5.04. The van der Waals surface area contributed by atoms with Crippen LogP contribution in [0.3, 0.4) is 0 Å². The van der Waals surface area contributed by atoms with Gasteiger partial charge in [0.15, 0.2) is 17.5 Å². The first-order chi connectivity index (χ1) is 18.6. The van der Waals surface area contributed by atoms with Gasteiger partial charge in [0.05, 0.1) is 17.8 Å². The van der Waals surface area contributed by atoms with Crippen molar-refractivity contribution in [3.05, 3.63) is 127 Å². The number of hydrogen-bond acceptors (Lipinski definition) is 3. The lowest BCUT2D eigenvalue weighted by Gasteiger charge is -2.10. The van der Waals surface area contributed by atoms with Crippen molar-refractivity contribution in [3.63, 3.8) is 0 Å². The summed E-state index contributed by atoms with van der Waals surface area (Å²) >= 11 is 0. The number of aromatic nitrogens is 4. The van der Waals surface area contributed by atoms with Crippen molar-refractivity contribution in [3.8, 4) is 39.7 Å². The minimum absolute atomic E-state index is 0.0554. The van der Waals surface area contributed by atoms with Crippen LogP contribution in [0.2, 0.25) is 0 Å². The van der Waals surface area contributed by atoms with E-state index in [-0.39, 0.29) is 11.4 Å². The molecule has 0 aliphatic carbocycles. The molecule has 6 rings (SSSR count).